The molecule has 1 aromatic rings. The van der Waals surface area contributed by atoms with Crippen LogP contribution in [0.15, 0.2) is 18.2 Å². The molecule has 104 valence electrons. The summed E-state index contributed by atoms with van der Waals surface area (Å²) >= 11 is 5.75. The molecule has 1 rings (SSSR count). The zero-order valence-electron chi connectivity index (χ0n) is 10.9. The molecule has 0 aliphatic rings. The fourth-order valence-electron chi connectivity index (χ4n) is 1.56. The number of halogens is 2. The van der Waals surface area contributed by atoms with Gasteiger partial charge in [-0.15, -0.1) is 0 Å². The van der Waals surface area contributed by atoms with Gasteiger partial charge in [0.1, 0.15) is 12.4 Å². The Morgan fingerprint density at radius 2 is 1.95 bits per heavy atom. The van der Waals surface area contributed by atoms with Crippen LogP contribution in [0.1, 0.15) is 31.1 Å². The zero-order valence-corrected chi connectivity index (χ0v) is 11.7. The van der Waals surface area contributed by atoms with Gasteiger partial charge in [-0.2, -0.15) is 0 Å². The van der Waals surface area contributed by atoms with Crippen LogP contribution in [-0.2, 0) is 4.79 Å². The quantitative estimate of drug-likeness (QED) is 0.930. The Labute approximate surface area is 115 Å². The van der Waals surface area contributed by atoms with Gasteiger partial charge in [0.2, 0.25) is 0 Å². The fourth-order valence-corrected chi connectivity index (χ4v) is 1.77. The topological polar surface area (TPSA) is 57.6 Å². The monoisotopic (exact) mass is 287 g/mol. The Bertz CT molecular complexity index is 511. The second-order valence-electron chi connectivity index (χ2n) is 5.06. The molecule has 0 radical (unpaired) electrons. The Hall–Kier alpha value is -1.62. The van der Waals surface area contributed by atoms with E-state index in [0.29, 0.717) is 0 Å². The van der Waals surface area contributed by atoms with Gasteiger partial charge in [-0.05, 0) is 32.9 Å². The lowest BCUT2D eigenvalue weighted by Crippen LogP contribution is -2.48. The summed E-state index contributed by atoms with van der Waals surface area (Å²) in [6.07, 6.45) is 0. The van der Waals surface area contributed by atoms with E-state index in [4.69, 9.17) is 16.7 Å². The van der Waals surface area contributed by atoms with Crippen molar-refractivity contribution in [2.24, 2.45) is 0 Å². The Morgan fingerprint density at radius 1 is 1.37 bits per heavy atom. The zero-order chi connectivity index (χ0) is 14.8. The van der Waals surface area contributed by atoms with Gasteiger partial charge in [-0.1, -0.05) is 17.7 Å². The number of hydrogen-bond donors (Lipinski definition) is 1. The first-order valence-electron chi connectivity index (χ1n) is 5.62. The Balaban J connectivity index is 3.20. The molecule has 0 aromatic heterocycles. The molecule has 1 aromatic carbocycles. The van der Waals surface area contributed by atoms with Gasteiger partial charge in [0, 0.05) is 5.54 Å². The van der Waals surface area contributed by atoms with E-state index >= 15 is 0 Å². The SMILES string of the molecule is CC(C)(C)N(CC(=O)O)C(=O)c1cccc(F)c1Cl. The van der Waals surface area contributed by atoms with Crippen LogP contribution in [0.2, 0.25) is 5.02 Å². The highest BCUT2D eigenvalue weighted by Gasteiger charge is 2.30. The fraction of sp³-hybridized carbons (Fsp3) is 0.385. The molecule has 0 bridgehead atoms. The van der Waals surface area contributed by atoms with E-state index in [-0.39, 0.29) is 10.6 Å². The van der Waals surface area contributed by atoms with Crippen LogP contribution in [0.4, 0.5) is 4.39 Å². The lowest BCUT2D eigenvalue weighted by atomic mass is 10.0. The van der Waals surface area contributed by atoms with Crippen LogP contribution in [-0.4, -0.2) is 34.0 Å². The Morgan fingerprint density at radius 3 is 2.42 bits per heavy atom. The molecule has 6 heteroatoms. The Kier molecular flexibility index (Phi) is 4.52. The van der Waals surface area contributed by atoms with Crippen molar-refractivity contribution >= 4 is 23.5 Å². The van der Waals surface area contributed by atoms with Gasteiger partial charge < -0.3 is 10.0 Å². The highest BCUT2D eigenvalue weighted by molar-refractivity contribution is 6.34. The van der Waals surface area contributed by atoms with E-state index in [1.54, 1.807) is 20.8 Å². The second kappa shape index (κ2) is 5.57. The third-order valence-corrected chi connectivity index (χ3v) is 2.91. The third kappa shape index (κ3) is 3.67. The summed E-state index contributed by atoms with van der Waals surface area (Å²) in [4.78, 5) is 24.3. The van der Waals surface area contributed by atoms with Gasteiger partial charge in [0.15, 0.2) is 0 Å². The smallest absolute Gasteiger partial charge is 0.323 e. The molecular formula is C13H15ClFNO3. The van der Waals surface area contributed by atoms with E-state index in [0.717, 1.165) is 11.0 Å². The van der Waals surface area contributed by atoms with Crippen molar-refractivity contribution in [1.82, 2.24) is 4.90 Å². The van der Waals surface area contributed by atoms with E-state index in [9.17, 15) is 14.0 Å². The molecular weight excluding hydrogens is 273 g/mol. The van der Waals surface area contributed by atoms with Crippen LogP contribution >= 0.6 is 11.6 Å². The summed E-state index contributed by atoms with van der Waals surface area (Å²) in [6.45, 7) is 4.61. The van der Waals surface area contributed by atoms with Crippen molar-refractivity contribution in [3.05, 3.63) is 34.6 Å². The van der Waals surface area contributed by atoms with Gasteiger partial charge >= 0.3 is 5.97 Å². The number of carboxylic acids is 1. The standard InChI is InChI=1S/C13H15ClFNO3/c1-13(2,3)16(7-10(17)18)12(19)8-5-4-6-9(15)11(8)14/h4-6H,7H2,1-3H3,(H,17,18). The van der Waals surface area contributed by atoms with E-state index < -0.39 is 29.8 Å². The van der Waals surface area contributed by atoms with E-state index in [1.165, 1.54) is 12.1 Å². The number of benzene rings is 1. The maximum absolute atomic E-state index is 13.3. The van der Waals surface area contributed by atoms with Gasteiger partial charge in [-0.3, -0.25) is 9.59 Å². The number of aliphatic carboxylic acids is 1. The van der Waals surface area contributed by atoms with Crippen LogP contribution in [0.5, 0.6) is 0 Å². The maximum atomic E-state index is 13.3. The molecule has 0 spiro atoms. The minimum atomic E-state index is -1.14. The highest BCUT2D eigenvalue weighted by Crippen LogP contribution is 2.24. The largest absolute Gasteiger partial charge is 0.480 e. The predicted molar refractivity (Wildman–Crippen MR) is 69.8 cm³/mol. The molecule has 0 saturated carbocycles. The van der Waals surface area contributed by atoms with Gasteiger partial charge in [0.05, 0.1) is 10.6 Å². The number of amides is 1. The molecule has 4 nitrogen and oxygen atoms in total. The molecule has 1 amide bonds. The number of hydrogen-bond acceptors (Lipinski definition) is 2. The number of carbonyl (C=O) groups is 2. The number of rotatable bonds is 3. The molecule has 0 atom stereocenters. The summed E-state index contributed by atoms with van der Waals surface area (Å²) in [6, 6.07) is 3.86. The van der Waals surface area contributed by atoms with Crippen LogP contribution in [0, 0.1) is 5.82 Å². The van der Waals surface area contributed by atoms with E-state index in [1.807, 2.05) is 0 Å². The summed E-state index contributed by atoms with van der Waals surface area (Å²) in [5, 5.41) is 8.57. The molecule has 0 aliphatic heterocycles. The van der Waals surface area contributed by atoms with Crippen LogP contribution in [0.3, 0.4) is 0 Å². The van der Waals surface area contributed by atoms with Crippen molar-refractivity contribution in [1.29, 1.82) is 0 Å². The maximum Gasteiger partial charge on any atom is 0.323 e. The summed E-state index contributed by atoms with van der Waals surface area (Å²) < 4.78 is 13.3. The lowest BCUT2D eigenvalue weighted by molar-refractivity contribution is -0.138. The average molecular weight is 288 g/mol. The van der Waals surface area contributed by atoms with Crippen LogP contribution < -0.4 is 0 Å². The third-order valence-electron chi connectivity index (χ3n) is 2.53. The first-order valence-corrected chi connectivity index (χ1v) is 6.00. The summed E-state index contributed by atoms with van der Waals surface area (Å²) in [7, 11) is 0. The minimum absolute atomic E-state index is 0.0437. The van der Waals surface area contributed by atoms with Crippen molar-refractivity contribution in [2.75, 3.05) is 6.54 Å². The molecule has 0 unspecified atom stereocenters. The molecule has 1 N–H and O–H groups in total. The van der Waals surface area contributed by atoms with Gasteiger partial charge in [-0.25, -0.2) is 4.39 Å². The lowest BCUT2D eigenvalue weighted by Gasteiger charge is -2.34. The molecule has 19 heavy (non-hydrogen) atoms. The first-order chi connectivity index (χ1) is 8.64. The highest BCUT2D eigenvalue weighted by atomic mass is 35.5. The average Bonchev–Trinajstić information content (AvgIpc) is 2.27. The number of carbonyl (C=O) groups excluding carboxylic acids is 1. The molecule has 0 fully saturated rings. The summed E-state index contributed by atoms with van der Waals surface area (Å²) in [5.41, 5.74) is -0.761. The van der Waals surface area contributed by atoms with Crippen molar-refractivity contribution in [3.8, 4) is 0 Å². The first kappa shape index (κ1) is 15.4. The van der Waals surface area contributed by atoms with Gasteiger partial charge in [0.25, 0.3) is 5.91 Å². The number of carboxylic acid groups (broad SMARTS) is 1. The second-order valence-corrected chi connectivity index (χ2v) is 5.44. The number of nitrogens with zero attached hydrogens (tertiary/aromatic N) is 1. The predicted octanol–water partition coefficient (Wildman–Crippen LogP) is 2.80. The van der Waals surface area contributed by atoms with E-state index in [2.05, 4.69) is 0 Å². The molecule has 0 saturated heterocycles. The summed E-state index contributed by atoms with van der Waals surface area (Å²) in [5.74, 6) is -2.47. The van der Waals surface area contributed by atoms with Crippen molar-refractivity contribution in [3.63, 3.8) is 0 Å². The molecule has 0 heterocycles. The van der Waals surface area contributed by atoms with Crippen molar-refractivity contribution in [2.45, 2.75) is 26.3 Å². The minimum Gasteiger partial charge on any atom is -0.480 e. The molecule has 0 aliphatic carbocycles. The van der Waals surface area contributed by atoms with Crippen LogP contribution in [0.25, 0.3) is 0 Å². The van der Waals surface area contributed by atoms with Crippen molar-refractivity contribution < 1.29 is 19.1 Å². The normalized spacial score (nSPS) is 11.2.